The van der Waals surface area contributed by atoms with E-state index < -0.39 is 0 Å². The van der Waals surface area contributed by atoms with Crippen LogP contribution in [0.4, 0.5) is 5.82 Å². The van der Waals surface area contributed by atoms with Crippen molar-refractivity contribution in [1.29, 1.82) is 0 Å². The molecule has 2 aromatic heterocycles. The molecule has 0 saturated heterocycles. The van der Waals surface area contributed by atoms with Crippen molar-refractivity contribution >= 4 is 34.0 Å². The van der Waals surface area contributed by atoms with E-state index in [1.165, 1.54) is 28.7 Å². The fourth-order valence-electron chi connectivity index (χ4n) is 5.98. The van der Waals surface area contributed by atoms with Gasteiger partial charge in [0, 0.05) is 22.9 Å². The fourth-order valence-corrected chi connectivity index (χ4v) is 6.90. The van der Waals surface area contributed by atoms with Gasteiger partial charge in [0.15, 0.2) is 0 Å². The van der Waals surface area contributed by atoms with Crippen molar-refractivity contribution in [3.63, 3.8) is 0 Å². The van der Waals surface area contributed by atoms with E-state index in [4.69, 9.17) is 19.4 Å². The smallest absolute Gasteiger partial charge is 0.308 e. The van der Waals surface area contributed by atoms with Gasteiger partial charge in [0.2, 0.25) is 0 Å². The summed E-state index contributed by atoms with van der Waals surface area (Å²) in [6.45, 7) is 5.01. The summed E-state index contributed by atoms with van der Waals surface area (Å²) in [5, 5.41) is 6.94. The van der Waals surface area contributed by atoms with Gasteiger partial charge in [0.05, 0.1) is 31.7 Å². The number of benzene rings is 2. The van der Waals surface area contributed by atoms with Crippen LogP contribution in [0.5, 0.6) is 5.75 Å². The van der Waals surface area contributed by atoms with Gasteiger partial charge in [-0.05, 0) is 99.3 Å². The molecule has 0 radical (unpaired) electrons. The van der Waals surface area contributed by atoms with E-state index in [0.29, 0.717) is 11.7 Å². The minimum atomic E-state index is -0.101. The lowest BCUT2D eigenvalue weighted by Gasteiger charge is -2.28. The molecule has 2 heterocycles. The summed E-state index contributed by atoms with van der Waals surface area (Å²) in [6, 6.07) is 15.2. The lowest BCUT2D eigenvalue weighted by atomic mass is 9.78. The van der Waals surface area contributed by atoms with Crippen LogP contribution in [0.15, 0.2) is 47.8 Å². The molecule has 0 spiro atoms. The van der Waals surface area contributed by atoms with Crippen LogP contribution in [0.3, 0.4) is 0 Å². The molecule has 41 heavy (non-hydrogen) atoms. The summed E-state index contributed by atoms with van der Waals surface area (Å²) in [6.07, 6.45) is 3.48. The minimum absolute atomic E-state index is 0.0164. The van der Waals surface area contributed by atoms with Gasteiger partial charge in [-0.15, -0.1) is 11.3 Å². The number of anilines is 1. The Labute approximate surface area is 246 Å². The van der Waals surface area contributed by atoms with Crippen LogP contribution in [0, 0.1) is 12.8 Å². The molecule has 8 heteroatoms. The quantitative estimate of drug-likeness (QED) is 0.210. The van der Waals surface area contributed by atoms with E-state index in [0.717, 1.165) is 60.3 Å². The summed E-state index contributed by atoms with van der Waals surface area (Å²) >= 11 is 1.77. The third-order valence-electron chi connectivity index (χ3n) is 8.08. The second-order valence-electron chi connectivity index (χ2n) is 11.3. The Bertz CT molecular complexity index is 1520. The molecule has 1 saturated carbocycles. The van der Waals surface area contributed by atoms with Crippen LogP contribution < -0.4 is 10.1 Å². The van der Waals surface area contributed by atoms with Gasteiger partial charge in [0.1, 0.15) is 17.4 Å². The second kappa shape index (κ2) is 12.6. The maximum atomic E-state index is 12.1. The van der Waals surface area contributed by atoms with Crippen molar-refractivity contribution < 1.29 is 14.3 Å². The molecule has 5 rings (SSSR count). The number of nitrogens with zero attached hydrogens (tertiary/aromatic N) is 3. The van der Waals surface area contributed by atoms with Crippen molar-refractivity contribution in [2.75, 3.05) is 33.6 Å². The van der Waals surface area contributed by atoms with Crippen LogP contribution in [-0.2, 0) is 16.1 Å². The molecule has 0 bridgehead atoms. The van der Waals surface area contributed by atoms with Crippen LogP contribution in [-0.4, -0.2) is 49.2 Å². The average molecular weight is 573 g/mol. The number of carbonyl (C=O) groups excluding carboxylic acids is 1. The Morgan fingerprint density at radius 3 is 2.56 bits per heavy atom. The summed E-state index contributed by atoms with van der Waals surface area (Å²) < 4.78 is 10.8. The van der Waals surface area contributed by atoms with Crippen molar-refractivity contribution in [3.8, 4) is 16.9 Å². The molecule has 7 nitrogen and oxygen atoms in total. The number of carbonyl (C=O) groups is 1. The molecule has 216 valence electrons. The number of hydrogen-bond donors (Lipinski definition) is 1. The number of hydrogen-bond acceptors (Lipinski definition) is 8. The molecular weight excluding hydrogens is 532 g/mol. The predicted octanol–water partition coefficient (Wildman–Crippen LogP) is 7.36. The number of aryl methyl sites for hydroxylation is 1. The zero-order valence-electron chi connectivity index (χ0n) is 24.9. The molecule has 1 aliphatic rings. The van der Waals surface area contributed by atoms with Crippen LogP contribution in [0.2, 0.25) is 0 Å². The zero-order valence-corrected chi connectivity index (χ0v) is 25.7. The van der Waals surface area contributed by atoms with E-state index in [-0.39, 0.29) is 17.9 Å². The highest BCUT2D eigenvalue weighted by Gasteiger charge is 2.29. The molecule has 0 aliphatic heterocycles. The Morgan fingerprint density at radius 2 is 1.85 bits per heavy atom. The predicted molar refractivity (Wildman–Crippen MR) is 167 cm³/mol. The summed E-state index contributed by atoms with van der Waals surface area (Å²) in [4.78, 5) is 25.1. The number of ether oxygens (including phenoxy) is 2. The molecule has 4 aromatic rings. The first kappa shape index (κ1) is 29.0. The Morgan fingerprint density at radius 1 is 1.10 bits per heavy atom. The Kier molecular flexibility index (Phi) is 8.90. The molecule has 1 fully saturated rings. The molecular formula is C33H40N4O3S. The standard InChI is InChI=1S/C33H40N4O3S/c1-20(31-15-25(19-41-31)26-10-8-7-9-24(26)18-37(3)4)34-32-28-16-27(22-11-13-23(14-12-22)33(38)40-6)30(39-5)17-29(28)35-21(2)36-32/h7-10,15-17,19-20,22-23H,11-14,18H2,1-6H3,(H,34,35,36)/t20-,22?,23?/m1/s1. The van der Waals surface area contributed by atoms with Gasteiger partial charge in [-0.25, -0.2) is 9.97 Å². The fraction of sp³-hybridized carbons (Fsp3) is 0.424. The van der Waals surface area contributed by atoms with E-state index >= 15 is 0 Å². The minimum Gasteiger partial charge on any atom is -0.496 e. The first-order valence-electron chi connectivity index (χ1n) is 14.3. The molecule has 0 amide bonds. The molecule has 1 N–H and O–H groups in total. The summed E-state index contributed by atoms with van der Waals surface area (Å²) in [5.74, 6) is 2.58. The highest BCUT2D eigenvalue weighted by atomic mass is 32.1. The number of esters is 1. The molecule has 2 aromatic carbocycles. The Hall–Kier alpha value is -3.49. The van der Waals surface area contributed by atoms with E-state index in [1.54, 1.807) is 18.4 Å². The van der Waals surface area contributed by atoms with Crippen molar-refractivity contribution in [1.82, 2.24) is 14.9 Å². The van der Waals surface area contributed by atoms with Gasteiger partial charge in [-0.1, -0.05) is 24.3 Å². The maximum absolute atomic E-state index is 12.1. The van der Waals surface area contributed by atoms with Gasteiger partial charge in [-0.3, -0.25) is 4.79 Å². The van der Waals surface area contributed by atoms with Crippen molar-refractivity contribution in [2.45, 2.75) is 58.0 Å². The topological polar surface area (TPSA) is 76.6 Å². The van der Waals surface area contributed by atoms with Crippen LogP contribution >= 0.6 is 11.3 Å². The van der Waals surface area contributed by atoms with E-state index in [2.05, 4.69) is 73.0 Å². The second-order valence-corrected chi connectivity index (χ2v) is 12.2. The largest absolute Gasteiger partial charge is 0.496 e. The summed E-state index contributed by atoms with van der Waals surface area (Å²) in [7, 11) is 7.39. The van der Waals surface area contributed by atoms with E-state index in [9.17, 15) is 4.79 Å². The third kappa shape index (κ3) is 6.39. The molecule has 1 atom stereocenters. The van der Waals surface area contributed by atoms with Gasteiger partial charge < -0.3 is 19.7 Å². The van der Waals surface area contributed by atoms with E-state index in [1.807, 2.05) is 13.0 Å². The molecule has 1 aliphatic carbocycles. The highest BCUT2D eigenvalue weighted by Crippen LogP contribution is 2.42. The first-order valence-corrected chi connectivity index (χ1v) is 15.2. The maximum Gasteiger partial charge on any atom is 0.308 e. The SMILES string of the molecule is COC(=O)C1CCC(c2cc3c(N[C@H](C)c4cc(-c5ccccc5CN(C)C)cs4)nc(C)nc3cc2OC)CC1. The highest BCUT2D eigenvalue weighted by molar-refractivity contribution is 7.10. The number of nitrogens with one attached hydrogen (secondary N) is 1. The number of aromatic nitrogens is 2. The van der Waals surface area contributed by atoms with Gasteiger partial charge >= 0.3 is 5.97 Å². The van der Waals surface area contributed by atoms with Gasteiger partial charge in [-0.2, -0.15) is 0 Å². The number of fused-ring (bicyclic) bond motifs is 1. The van der Waals surface area contributed by atoms with Crippen LogP contribution in [0.25, 0.3) is 22.0 Å². The number of thiophene rings is 1. The monoisotopic (exact) mass is 572 g/mol. The average Bonchev–Trinajstić information content (AvgIpc) is 3.46. The normalized spacial score (nSPS) is 17.9. The Balaban J connectivity index is 1.43. The van der Waals surface area contributed by atoms with Crippen LogP contribution in [0.1, 0.15) is 66.4 Å². The van der Waals surface area contributed by atoms with Crippen molar-refractivity contribution in [2.24, 2.45) is 5.92 Å². The van der Waals surface area contributed by atoms with Gasteiger partial charge in [0.25, 0.3) is 0 Å². The third-order valence-corrected chi connectivity index (χ3v) is 9.19. The summed E-state index contributed by atoms with van der Waals surface area (Å²) in [5.41, 5.74) is 5.86. The molecule has 0 unspecified atom stereocenters. The lowest BCUT2D eigenvalue weighted by molar-refractivity contribution is -0.146. The first-order chi connectivity index (χ1) is 19.8. The van der Waals surface area contributed by atoms with Crippen molar-refractivity contribution in [3.05, 3.63) is 69.7 Å². The number of methoxy groups -OCH3 is 2. The zero-order chi connectivity index (χ0) is 29.1. The lowest BCUT2D eigenvalue weighted by Crippen LogP contribution is -2.22. The number of rotatable bonds is 9.